The molecule has 1 aromatic rings. The van der Waals surface area contributed by atoms with Gasteiger partial charge in [-0.15, -0.1) is 0 Å². The number of carbonyl (C=O) groups excluding carboxylic acids is 1. The van der Waals surface area contributed by atoms with E-state index >= 15 is 0 Å². The first-order valence-corrected chi connectivity index (χ1v) is 7.59. The molecular weight excluding hydrogens is 264 g/mol. The average Bonchev–Trinajstić information content (AvgIpc) is 2.70. The highest BCUT2D eigenvalue weighted by Gasteiger charge is 2.45. The zero-order valence-corrected chi connectivity index (χ0v) is 13.3. The molecule has 2 rings (SSSR count). The van der Waals surface area contributed by atoms with Crippen molar-refractivity contribution in [3.05, 3.63) is 35.4 Å². The topological polar surface area (TPSA) is 35.5 Å². The molecule has 1 aromatic carbocycles. The lowest BCUT2D eigenvalue weighted by Crippen LogP contribution is -2.30. The molecule has 0 spiro atoms. The molecular formula is C18H24O3. The lowest BCUT2D eigenvalue weighted by atomic mass is 9.83. The number of ether oxygens (including phenoxy) is 2. The largest absolute Gasteiger partial charge is 0.497 e. The van der Waals surface area contributed by atoms with Crippen molar-refractivity contribution in [2.75, 3.05) is 7.11 Å². The fourth-order valence-electron chi connectivity index (χ4n) is 2.72. The summed E-state index contributed by atoms with van der Waals surface area (Å²) >= 11 is 0. The van der Waals surface area contributed by atoms with E-state index in [1.807, 2.05) is 37.3 Å². The molecule has 0 N–H and O–H groups in total. The molecule has 0 bridgehead atoms. The number of cyclic esters (lactones) is 1. The van der Waals surface area contributed by atoms with Gasteiger partial charge >= 0.3 is 5.97 Å². The molecule has 1 heterocycles. The van der Waals surface area contributed by atoms with Crippen LogP contribution in [0.4, 0.5) is 0 Å². The Balaban J connectivity index is 2.22. The number of esters is 1. The maximum atomic E-state index is 12.2. The van der Waals surface area contributed by atoms with Gasteiger partial charge in [0.25, 0.3) is 0 Å². The number of methoxy groups -OCH3 is 1. The van der Waals surface area contributed by atoms with Crippen LogP contribution in [0.2, 0.25) is 0 Å². The second-order valence-electron chi connectivity index (χ2n) is 5.90. The van der Waals surface area contributed by atoms with Crippen molar-refractivity contribution >= 4 is 12.0 Å². The Labute approximate surface area is 127 Å². The Hall–Kier alpha value is -1.77. The summed E-state index contributed by atoms with van der Waals surface area (Å²) in [4.78, 5) is 12.2. The van der Waals surface area contributed by atoms with Crippen LogP contribution < -0.4 is 4.74 Å². The molecule has 0 saturated carbocycles. The van der Waals surface area contributed by atoms with Gasteiger partial charge in [0.2, 0.25) is 0 Å². The lowest BCUT2D eigenvalue weighted by molar-refractivity contribution is -0.146. The molecule has 0 aromatic heterocycles. The number of hydrogen-bond acceptors (Lipinski definition) is 3. The van der Waals surface area contributed by atoms with E-state index in [2.05, 4.69) is 13.8 Å². The maximum Gasteiger partial charge on any atom is 0.335 e. The maximum absolute atomic E-state index is 12.2. The second-order valence-corrected chi connectivity index (χ2v) is 5.90. The van der Waals surface area contributed by atoms with Crippen LogP contribution >= 0.6 is 0 Å². The van der Waals surface area contributed by atoms with Crippen LogP contribution in [0.5, 0.6) is 5.75 Å². The molecule has 1 aliphatic rings. The predicted octanol–water partition coefficient (Wildman–Crippen LogP) is 4.22. The first kappa shape index (κ1) is 15.6. The Morgan fingerprint density at radius 1 is 1.33 bits per heavy atom. The Bertz CT molecular complexity index is 530. The van der Waals surface area contributed by atoms with Crippen molar-refractivity contribution in [3.63, 3.8) is 0 Å². The van der Waals surface area contributed by atoms with Gasteiger partial charge in [-0.25, -0.2) is 4.79 Å². The van der Waals surface area contributed by atoms with E-state index in [1.165, 1.54) is 0 Å². The van der Waals surface area contributed by atoms with E-state index in [-0.39, 0.29) is 17.5 Å². The van der Waals surface area contributed by atoms with Crippen LogP contribution in [0.3, 0.4) is 0 Å². The van der Waals surface area contributed by atoms with E-state index in [1.54, 1.807) is 7.11 Å². The third-order valence-corrected chi connectivity index (χ3v) is 4.41. The quantitative estimate of drug-likeness (QED) is 0.601. The highest BCUT2D eigenvalue weighted by atomic mass is 16.6. The van der Waals surface area contributed by atoms with Crippen LogP contribution in [-0.2, 0) is 9.53 Å². The number of rotatable bonds is 5. The van der Waals surface area contributed by atoms with Crippen molar-refractivity contribution in [2.45, 2.75) is 45.6 Å². The van der Waals surface area contributed by atoms with Crippen LogP contribution in [0.1, 0.15) is 45.6 Å². The Morgan fingerprint density at radius 3 is 2.57 bits per heavy atom. The summed E-state index contributed by atoms with van der Waals surface area (Å²) < 4.78 is 10.8. The van der Waals surface area contributed by atoms with Crippen molar-refractivity contribution in [3.8, 4) is 5.75 Å². The normalized spacial score (nSPS) is 27.0. The number of carbonyl (C=O) groups is 1. The third-order valence-electron chi connectivity index (χ3n) is 4.41. The van der Waals surface area contributed by atoms with Gasteiger partial charge in [-0.05, 0) is 43.5 Å². The van der Waals surface area contributed by atoms with Crippen LogP contribution in [0, 0.1) is 5.92 Å². The van der Waals surface area contributed by atoms with E-state index < -0.39 is 0 Å². The molecule has 1 fully saturated rings. The fourth-order valence-corrected chi connectivity index (χ4v) is 2.72. The summed E-state index contributed by atoms with van der Waals surface area (Å²) in [5, 5.41) is 0. The van der Waals surface area contributed by atoms with Crippen LogP contribution in [-0.4, -0.2) is 18.7 Å². The molecule has 2 atom stereocenters. The molecule has 3 heteroatoms. The highest BCUT2D eigenvalue weighted by Crippen LogP contribution is 2.40. The molecule has 0 radical (unpaired) electrons. The molecule has 1 saturated heterocycles. The summed E-state index contributed by atoms with van der Waals surface area (Å²) in [7, 11) is 1.64. The molecule has 21 heavy (non-hydrogen) atoms. The van der Waals surface area contributed by atoms with Gasteiger partial charge < -0.3 is 9.47 Å². The average molecular weight is 288 g/mol. The zero-order chi connectivity index (χ0) is 15.5. The number of unbranched alkanes of at least 4 members (excludes halogenated alkanes) is 1. The van der Waals surface area contributed by atoms with Gasteiger partial charge in [0.1, 0.15) is 11.4 Å². The fraction of sp³-hybridized carbons (Fsp3) is 0.500. The van der Waals surface area contributed by atoms with Crippen molar-refractivity contribution in [1.29, 1.82) is 0 Å². The molecule has 114 valence electrons. The minimum Gasteiger partial charge on any atom is -0.497 e. The SMILES string of the molecule is CCCCC1(C)OC(=O)C(=Cc2ccc(OC)cc2)C1C. The van der Waals surface area contributed by atoms with Gasteiger partial charge in [0, 0.05) is 11.5 Å². The monoisotopic (exact) mass is 288 g/mol. The molecule has 1 aliphatic heterocycles. The van der Waals surface area contributed by atoms with Gasteiger partial charge in [0.05, 0.1) is 7.11 Å². The van der Waals surface area contributed by atoms with E-state index in [4.69, 9.17) is 9.47 Å². The van der Waals surface area contributed by atoms with Gasteiger partial charge in [0.15, 0.2) is 0 Å². The minimum atomic E-state index is -0.370. The van der Waals surface area contributed by atoms with Crippen molar-refractivity contribution in [2.24, 2.45) is 5.92 Å². The minimum absolute atomic E-state index is 0.110. The predicted molar refractivity (Wildman–Crippen MR) is 84.2 cm³/mol. The standard InChI is InChI=1S/C18H24O3/c1-5-6-11-18(3)13(2)16(17(19)21-18)12-14-7-9-15(20-4)10-8-14/h7-10,12-13H,5-6,11H2,1-4H3. The molecule has 3 nitrogen and oxygen atoms in total. The first-order chi connectivity index (χ1) is 10.00. The summed E-state index contributed by atoms with van der Waals surface area (Å²) in [5.74, 6) is 0.738. The number of hydrogen-bond donors (Lipinski definition) is 0. The third kappa shape index (κ3) is 3.29. The number of benzene rings is 1. The molecule has 0 aliphatic carbocycles. The van der Waals surface area contributed by atoms with Crippen LogP contribution in [0.15, 0.2) is 29.8 Å². The highest BCUT2D eigenvalue weighted by molar-refractivity contribution is 5.96. The zero-order valence-electron chi connectivity index (χ0n) is 13.3. The Morgan fingerprint density at radius 2 is 2.00 bits per heavy atom. The van der Waals surface area contributed by atoms with Crippen LogP contribution in [0.25, 0.3) is 6.08 Å². The van der Waals surface area contributed by atoms with Gasteiger partial charge in [-0.1, -0.05) is 32.4 Å². The first-order valence-electron chi connectivity index (χ1n) is 7.59. The molecule has 2 unspecified atom stereocenters. The van der Waals surface area contributed by atoms with E-state index in [0.29, 0.717) is 0 Å². The summed E-state index contributed by atoms with van der Waals surface area (Å²) in [6.45, 7) is 6.27. The van der Waals surface area contributed by atoms with E-state index in [0.717, 1.165) is 36.1 Å². The lowest BCUT2D eigenvalue weighted by Gasteiger charge is -2.26. The summed E-state index contributed by atoms with van der Waals surface area (Å²) in [5.41, 5.74) is 1.39. The summed E-state index contributed by atoms with van der Waals surface area (Å²) in [6, 6.07) is 7.70. The summed E-state index contributed by atoms with van der Waals surface area (Å²) in [6.07, 6.45) is 5.03. The second kappa shape index (κ2) is 6.33. The van der Waals surface area contributed by atoms with Gasteiger partial charge in [-0.2, -0.15) is 0 Å². The van der Waals surface area contributed by atoms with Gasteiger partial charge in [-0.3, -0.25) is 0 Å². The van der Waals surface area contributed by atoms with Crippen molar-refractivity contribution in [1.82, 2.24) is 0 Å². The smallest absolute Gasteiger partial charge is 0.335 e. The Kier molecular flexibility index (Phi) is 4.71. The molecule has 0 amide bonds. The van der Waals surface area contributed by atoms with E-state index in [9.17, 15) is 4.79 Å². The van der Waals surface area contributed by atoms with Crippen molar-refractivity contribution < 1.29 is 14.3 Å².